The number of aryl methyl sites for hydroxylation is 1. The second kappa shape index (κ2) is 6.04. The fourth-order valence-electron chi connectivity index (χ4n) is 1.76. The molecule has 0 aliphatic carbocycles. The minimum Gasteiger partial charge on any atom is -0.480 e. The Morgan fingerprint density at radius 1 is 1.29 bits per heavy atom. The van der Waals surface area contributed by atoms with Crippen molar-refractivity contribution in [1.82, 2.24) is 9.78 Å². The number of hydrogen-bond acceptors (Lipinski definition) is 3. The zero-order chi connectivity index (χ0) is 15.4. The number of hydrogen-bond donors (Lipinski definition) is 3. The third-order valence-electron chi connectivity index (χ3n) is 2.49. The van der Waals surface area contributed by atoms with Crippen molar-refractivity contribution in [3.63, 3.8) is 0 Å². The van der Waals surface area contributed by atoms with Crippen molar-refractivity contribution in [2.24, 2.45) is 0 Å². The SMILES string of the molecule is Cc1cc(F)cc(NC(=O)Nc2cnn(CC(=O)O)c2)c1. The van der Waals surface area contributed by atoms with Crippen LogP contribution in [0.2, 0.25) is 0 Å². The predicted octanol–water partition coefficient (Wildman–Crippen LogP) is 2.06. The Morgan fingerprint density at radius 3 is 2.67 bits per heavy atom. The quantitative estimate of drug-likeness (QED) is 0.803. The third kappa shape index (κ3) is 4.30. The maximum absolute atomic E-state index is 13.2. The van der Waals surface area contributed by atoms with Gasteiger partial charge in [0.15, 0.2) is 0 Å². The zero-order valence-corrected chi connectivity index (χ0v) is 11.1. The summed E-state index contributed by atoms with van der Waals surface area (Å²) in [5.41, 5.74) is 1.34. The van der Waals surface area contributed by atoms with Crippen molar-refractivity contribution in [3.05, 3.63) is 42.0 Å². The Morgan fingerprint density at radius 2 is 2.00 bits per heavy atom. The lowest BCUT2D eigenvalue weighted by molar-refractivity contribution is -0.137. The number of urea groups is 1. The summed E-state index contributed by atoms with van der Waals surface area (Å²) in [6, 6.07) is 3.59. The van der Waals surface area contributed by atoms with Crippen molar-refractivity contribution in [1.29, 1.82) is 0 Å². The van der Waals surface area contributed by atoms with E-state index in [2.05, 4.69) is 15.7 Å². The number of nitrogens with one attached hydrogen (secondary N) is 2. The predicted molar refractivity (Wildman–Crippen MR) is 73.6 cm³/mol. The number of anilines is 2. The maximum Gasteiger partial charge on any atom is 0.325 e. The second-order valence-electron chi connectivity index (χ2n) is 4.42. The zero-order valence-electron chi connectivity index (χ0n) is 11.1. The van der Waals surface area contributed by atoms with E-state index in [1.54, 1.807) is 13.0 Å². The van der Waals surface area contributed by atoms with Gasteiger partial charge < -0.3 is 15.7 Å². The number of aliphatic carboxylic acids is 1. The Labute approximate surface area is 119 Å². The van der Waals surface area contributed by atoms with Crippen molar-refractivity contribution < 1.29 is 19.1 Å². The molecule has 21 heavy (non-hydrogen) atoms. The van der Waals surface area contributed by atoms with E-state index in [-0.39, 0.29) is 6.54 Å². The van der Waals surface area contributed by atoms with Gasteiger partial charge in [-0.1, -0.05) is 0 Å². The van der Waals surface area contributed by atoms with Crippen LogP contribution in [-0.2, 0) is 11.3 Å². The number of rotatable bonds is 4. The Bertz CT molecular complexity index is 664. The van der Waals surface area contributed by atoms with Gasteiger partial charge in [-0.2, -0.15) is 5.10 Å². The molecule has 0 aliphatic rings. The number of halogens is 1. The molecule has 0 saturated heterocycles. The van der Waals surface area contributed by atoms with E-state index in [4.69, 9.17) is 5.11 Å². The Balaban J connectivity index is 1.98. The Hall–Kier alpha value is -2.90. The molecule has 8 heteroatoms. The van der Waals surface area contributed by atoms with Crippen LogP contribution in [0.4, 0.5) is 20.6 Å². The third-order valence-corrected chi connectivity index (χ3v) is 2.49. The molecular formula is C13H13FN4O3. The molecule has 0 bridgehead atoms. The fourth-order valence-corrected chi connectivity index (χ4v) is 1.76. The molecule has 0 atom stereocenters. The molecule has 0 radical (unpaired) electrons. The number of benzene rings is 1. The van der Waals surface area contributed by atoms with Gasteiger partial charge >= 0.3 is 12.0 Å². The molecule has 1 aromatic heterocycles. The van der Waals surface area contributed by atoms with E-state index in [0.717, 1.165) is 0 Å². The van der Waals surface area contributed by atoms with Crippen LogP contribution in [0.1, 0.15) is 5.56 Å². The Kier molecular flexibility index (Phi) is 4.17. The molecule has 0 saturated carbocycles. The monoisotopic (exact) mass is 292 g/mol. The van der Waals surface area contributed by atoms with Gasteiger partial charge in [0.25, 0.3) is 0 Å². The number of aromatic nitrogens is 2. The van der Waals surface area contributed by atoms with Gasteiger partial charge in [-0.05, 0) is 30.7 Å². The summed E-state index contributed by atoms with van der Waals surface area (Å²) in [5.74, 6) is -1.48. The smallest absolute Gasteiger partial charge is 0.325 e. The highest BCUT2D eigenvalue weighted by Crippen LogP contribution is 2.14. The van der Waals surface area contributed by atoms with E-state index in [9.17, 15) is 14.0 Å². The average Bonchev–Trinajstić information content (AvgIpc) is 2.73. The van der Waals surface area contributed by atoms with Crippen LogP contribution in [0, 0.1) is 12.7 Å². The molecule has 3 N–H and O–H groups in total. The van der Waals surface area contributed by atoms with Gasteiger partial charge in [0.2, 0.25) is 0 Å². The van der Waals surface area contributed by atoms with E-state index in [1.807, 2.05) is 0 Å². The van der Waals surface area contributed by atoms with Crippen LogP contribution < -0.4 is 10.6 Å². The summed E-state index contributed by atoms with van der Waals surface area (Å²) in [7, 11) is 0. The topological polar surface area (TPSA) is 96.3 Å². The molecule has 0 spiro atoms. The highest BCUT2D eigenvalue weighted by Gasteiger charge is 2.07. The molecule has 2 aromatic rings. The first-order valence-corrected chi connectivity index (χ1v) is 6.02. The van der Waals surface area contributed by atoms with Crippen molar-refractivity contribution in [3.8, 4) is 0 Å². The van der Waals surface area contributed by atoms with E-state index >= 15 is 0 Å². The van der Waals surface area contributed by atoms with Gasteiger partial charge in [0, 0.05) is 11.9 Å². The summed E-state index contributed by atoms with van der Waals surface area (Å²) in [4.78, 5) is 22.2. The molecule has 2 amide bonds. The van der Waals surface area contributed by atoms with Crippen LogP contribution in [0.3, 0.4) is 0 Å². The maximum atomic E-state index is 13.2. The second-order valence-corrected chi connectivity index (χ2v) is 4.42. The number of nitrogens with zero attached hydrogens (tertiary/aromatic N) is 2. The van der Waals surface area contributed by atoms with Crippen LogP contribution in [0.5, 0.6) is 0 Å². The number of carboxylic acid groups (broad SMARTS) is 1. The average molecular weight is 292 g/mol. The first-order chi connectivity index (χ1) is 9.92. The van der Waals surface area contributed by atoms with Gasteiger partial charge in [-0.15, -0.1) is 0 Å². The summed E-state index contributed by atoms with van der Waals surface area (Å²) < 4.78 is 14.4. The van der Waals surface area contributed by atoms with Gasteiger partial charge in [0.05, 0.1) is 11.9 Å². The van der Waals surface area contributed by atoms with Crippen LogP contribution in [0.25, 0.3) is 0 Å². The van der Waals surface area contributed by atoms with E-state index in [1.165, 1.54) is 29.2 Å². The molecule has 0 aliphatic heterocycles. The first kappa shape index (κ1) is 14.5. The fraction of sp³-hybridized carbons (Fsp3) is 0.154. The lowest BCUT2D eigenvalue weighted by Gasteiger charge is -2.07. The van der Waals surface area contributed by atoms with Gasteiger partial charge in [0.1, 0.15) is 12.4 Å². The van der Waals surface area contributed by atoms with Crippen molar-refractivity contribution in [2.75, 3.05) is 10.6 Å². The highest BCUT2D eigenvalue weighted by atomic mass is 19.1. The normalized spacial score (nSPS) is 10.2. The highest BCUT2D eigenvalue weighted by molar-refractivity contribution is 5.99. The number of amides is 2. The minimum absolute atomic E-state index is 0.299. The van der Waals surface area contributed by atoms with Gasteiger partial charge in [-0.3, -0.25) is 9.48 Å². The van der Waals surface area contributed by atoms with Gasteiger partial charge in [-0.25, -0.2) is 9.18 Å². The first-order valence-electron chi connectivity index (χ1n) is 6.02. The molecule has 0 fully saturated rings. The summed E-state index contributed by atoms with van der Waals surface area (Å²) >= 11 is 0. The molecule has 110 valence electrons. The van der Waals surface area contributed by atoms with Crippen molar-refractivity contribution in [2.45, 2.75) is 13.5 Å². The number of carbonyl (C=O) groups is 2. The number of carboxylic acids is 1. The van der Waals surface area contributed by atoms with Crippen LogP contribution >= 0.6 is 0 Å². The molecule has 0 unspecified atom stereocenters. The van der Waals surface area contributed by atoms with Crippen molar-refractivity contribution >= 4 is 23.4 Å². The summed E-state index contributed by atoms with van der Waals surface area (Å²) in [5, 5.41) is 17.3. The molecular weight excluding hydrogens is 279 g/mol. The van der Waals surface area contributed by atoms with Crippen LogP contribution in [-0.4, -0.2) is 26.9 Å². The minimum atomic E-state index is -1.04. The lowest BCUT2D eigenvalue weighted by Crippen LogP contribution is -2.19. The number of carbonyl (C=O) groups excluding carboxylic acids is 1. The largest absolute Gasteiger partial charge is 0.480 e. The summed E-state index contributed by atoms with van der Waals surface area (Å²) in [6.07, 6.45) is 2.70. The molecule has 7 nitrogen and oxygen atoms in total. The van der Waals surface area contributed by atoms with E-state index in [0.29, 0.717) is 16.9 Å². The molecule has 1 heterocycles. The van der Waals surface area contributed by atoms with Crippen LogP contribution in [0.15, 0.2) is 30.6 Å². The molecule has 1 aromatic carbocycles. The summed E-state index contributed by atoms with van der Waals surface area (Å²) in [6.45, 7) is 1.41. The standard InChI is InChI=1S/C13H13FN4O3/c1-8-2-9(14)4-10(3-8)16-13(21)17-11-5-15-18(6-11)7-12(19)20/h2-6H,7H2,1H3,(H,19,20)(H2,16,17,21). The van der Waals surface area contributed by atoms with E-state index < -0.39 is 17.8 Å². The molecule has 2 rings (SSSR count). The lowest BCUT2D eigenvalue weighted by atomic mass is 10.2.